The highest BCUT2D eigenvalue weighted by Gasteiger charge is 2.13. The van der Waals surface area contributed by atoms with Crippen molar-refractivity contribution in [2.45, 2.75) is 20.4 Å². The van der Waals surface area contributed by atoms with Crippen molar-refractivity contribution in [3.8, 4) is 17.5 Å². The second-order valence-corrected chi connectivity index (χ2v) is 3.73. The summed E-state index contributed by atoms with van der Waals surface area (Å²) in [5.41, 5.74) is 0.836. The van der Waals surface area contributed by atoms with E-state index in [9.17, 15) is 9.59 Å². The van der Waals surface area contributed by atoms with Crippen molar-refractivity contribution in [2.24, 2.45) is 0 Å². The fourth-order valence-electron chi connectivity index (χ4n) is 1.63. The highest BCUT2D eigenvalue weighted by atomic mass is 16.5. The van der Waals surface area contributed by atoms with Gasteiger partial charge in [-0.3, -0.25) is 0 Å². The molecule has 18 heavy (non-hydrogen) atoms. The van der Waals surface area contributed by atoms with Crippen molar-refractivity contribution in [1.82, 2.24) is 9.31 Å². The van der Waals surface area contributed by atoms with Gasteiger partial charge in [0.15, 0.2) is 0 Å². The first-order valence-electron chi connectivity index (χ1n) is 5.44. The van der Waals surface area contributed by atoms with Gasteiger partial charge in [-0.25, -0.2) is 9.59 Å². The third-order valence-electron chi connectivity index (χ3n) is 2.53. The Morgan fingerprint density at radius 1 is 1.28 bits per heavy atom. The van der Waals surface area contributed by atoms with Crippen LogP contribution in [0.25, 0.3) is 5.69 Å². The summed E-state index contributed by atoms with van der Waals surface area (Å²) in [6.45, 7) is 3.55. The summed E-state index contributed by atoms with van der Waals surface area (Å²) in [5.74, 6) is 4.62. The van der Waals surface area contributed by atoms with Crippen LogP contribution in [0.1, 0.15) is 12.5 Å². The number of rotatable bonds is 2. The number of benzene rings is 1. The van der Waals surface area contributed by atoms with Crippen LogP contribution in [0.4, 0.5) is 0 Å². The molecule has 1 aromatic heterocycles. The molecule has 0 aliphatic carbocycles. The Kier molecular flexibility index (Phi) is 3.20. The second-order valence-electron chi connectivity index (χ2n) is 3.73. The van der Waals surface area contributed by atoms with Gasteiger partial charge in [0.2, 0.25) is 0 Å². The van der Waals surface area contributed by atoms with Crippen molar-refractivity contribution >= 4 is 0 Å². The largest absolute Gasteiger partial charge is 0.447 e. The van der Waals surface area contributed by atoms with E-state index in [0.717, 1.165) is 14.9 Å². The quantitative estimate of drug-likeness (QED) is 0.738. The summed E-state index contributed by atoms with van der Waals surface area (Å²) in [6, 6.07) is 7.12. The van der Waals surface area contributed by atoms with Crippen LogP contribution in [-0.4, -0.2) is 9.31 Å². The maximum absolute atomic E-state index is 12.0. The van der Waals surface area contributed by atoms with Crippen LogP contribution in [-0.2, 0) is 6.54 Å². The molecule has 0 N–H and O–H groups in total. The first-order valence-corrected chi connectivity index (χ1v) is 5.44. The Labute approximate surface area is 103 Å². The van der Waals surface area contributed by atoms with Crippen LogP contribution in [0.2, 0.25) is 0 Å². The highest BCUT2D eigenvalue weighted by molar-refractivity contribution is 5.39. The van der Waals surface area contributed by atoms with E-state index in [1.165, 1.54) is 0 Å². The zero-order valence-corrected chi connectivity index (χ0v) is 10.1. The summed E-state index contributed by atoms with van der Waals surface area (Å²) >= 11 is 0. The number of para-hydroxylation sites is 1. The molecule has 1 heterocycles. The van der Waals surface area contributed by atoms with E-state index < -0.39 is 11.4 Å². The lowest BCUT2D eigenvalue weighted by Crippen LogP contribution is -2.27. The summed E-state index contributed by atoms with van der Waals surface area (Å²) in [5, 5.41) is 0. The molecule has 0 bridgehead atoms. The van der Waals surface area contributed by atoms with E-state index in [1.54, 1.807) is 19.1 Å². The molecule has 0 atom stereocenters. The Balaban J connectivity index is 2.62. The van der Waals surface area contributed by atoms with E-state index in [4.69, 9.17) is 4.52 Å². The summed E-state index contributed by atoms with van der Waals surface area (Å²) in [6.07, 6.45) is 0. The molecule has 92 valence electrons. The Morgan fingerprint density at radius 2 is 2.00 bits per heavy atom. The smallest absolute Gasteiger partial charge is 0.316 e. The molecule has 0 spiro atoms. The van der Waals surface area contributed by atoms with Crippen LogP contribution in [0.15, 0.2) is 38.4 Å². The van der Waals surface area contributed by atoms with E-state index in [2.05, 4.69) is 11.8 Å². The lowest BCUT2D eigenvalue weighted by molar-refractivity contribution is 0.263. The van der Waals surface area contributed by atoms with Crippen molar-refractivity contribution in [2.75, 3.05) is 0 Å². The number of aryl methyl sites for hydroxylation is 1. The van der Waals surface area contributed by atoms with Gasteiger partial charge in [-0.15, -0.1) is 10.7 Å². The van der Waals surface area contributed by atoms with Gasteiger partial charge in [-0.2, -0.15) is 4.57 Å². The average molecular weight is 244 g/mol. The highest BCUT2D eigenvalue weighted by Crippen LogP contribution is 2.08. The zero-order chi connectivity index (χ0) is 13.1. The third-order valence-corrected chi connectivity index (χ3v) is 2.53. The van der Waals surface area contributed by atoms with Gasteiger partial charge in [-0.1, -0.05) is 24.1 Å². The number of hydrogen-bond acceptors (Lipinski definition) is 3. The van der Waals surface area contributed by atoms with Crippen LogP contribution < -0.4 is 11.4 Å². The second kappa shape index (κ2) is 4.80. The van der Waals surface area contributed by atoms with E-state index in [0.29, 0.717) is 5.69 Å². The first-order chi connectivity index (χ1) is 8.65. The number of nitrogens with zero attached hydrogens (tertiary/aromatic N) is 2. The Morgan fingerprint density at radius 3 is 2.67 bits per heavy atom. The molecule has 0 saturated carbocycles. The van der Waals surface area contributed by atoms with Gasteiger partial charge >= 0.3 is 11.4 Å². The van der Waals surface area contributed by atoms with Crippen molar-refractivity contribution in [3.05, 3.63) is 50.9 Å². The van der Waals surface area contributed by atoms with Gasteiger partial charge in [-0.05, 0) is 25.5 Å². The molecule has 5 heteroatoms. The summed E-state index contributed by atoms with van der Waals surface area (Å²) in [4.78, 5) is 23.7. The molecule has 2 rings (SSSR count). The third kappa shape index (κ3) is 2.00. The molecule has 0 aliphatic rings. The Bertz CT molecular complexity index is 738. The Hall–Kier alpha value is -2.48. The fraction of sp³-hybridized carbons (Fsp3) is 0.231. The molecule has 0 aliphatic heterocycles. The van der Waals surface area contributed by atoms with E-state index >= 15 is 0 Å². The minimum atomic E-state index is -0.702. The first kappa shape index (κ1) is 12.0. The molecule has 1 aromatic carbocycles. The van der Waals surface area contributed by atoms with Crippen molar-refractivity contribution < 1.29 is 4.52 Å². The summed E-state index contributed by atoms with van der Waals surface area (Å²) in [7, 11) is 0. The van der Waals surface area contributed by atoms with E-state index in [-0.39, 0.29) is 6.54 Å². The minimum Gasteiger partial charge on any atom is -0.316 e. The molecule has 5 nitrogen and oxygen atoms in total. The van der Waals surface area contributed by atoms with Gasteiger partial charge in [0.1, 0.15) is 6.54 Å². The SMILES string of the molecule is CC#CCn1oc(=O)n(-c2ccccc2C)c1=O. The molecule has 0 amide bonds. The number of aromatic nitrogens is 2. The maximum atomic E-state index is 12.0. The number of hydrogen-bond donors (Lipinski definition) is 0. The van der Waals surface area contributed by atoms with Gasteiger partial charge in [0, 0.05) is 0 Å². The lowest BCUT2D eigenvalue weighted by atomic mass is 10.2. The topological polar surface area (TPSA) is 57.1 Å². The van der Waals surface area contributed by atoms with Crippen LogP contribution >= 0.6 is 0 Å². The molecule has 0 radical (unpaired) electrons. The van der Waals surface area contributed by atoms with Crippen LogP contribution in [0.5, 0.6) is 0 Å². The minimum absolute atomic E-state index is 0.0729. The molecule has 0 saturated heterocycles. The van der Waals surface area contributed by atoms with Gasteiger partial charge in [0.05, 0.1) is 5.69 Å². The molecule has 2 aromatic rings. The van der Waals surface area contributed by atoms with Crippen molar-refractivity contribution in [3.63, 3.8) is 0 Å². The monoisotopic (exact) mass is 244 g/mol. The van der Waals surface area contributed by atoms with Crippen LogP contribution in [0, 0.1) is 18.8 Å². The van der Waals surface area contributed by atoms with Gasteiger partial charge in [0.25, 0.3) is 0 Å². The predicted molar refractivity (Wildman–Crippen MR) is 66.8 cm³/mol. The van der Waals surface area contributed by atoms with Crippen molar-refractivity contribution in [1.29, 1.82) is 0 Å². The van der Waals surface area contributed by atoms with E-state index in [1.807, 2.05) is 19.1 Å². The normalized spacial score (nSPS) is 9.89. The fourth-order valence-corrected chi connectivity index (χ4v) is 1.63. The molecule has 0 fully saturated rings. The average Bonchev–Trinajstić information content (AvgIpc) is 2.63. The zero-order valence-electron chi connectivity index (χ0n) is 10.1. The standard InChI is InChI=1S/C13H12N2O3/c1-3-4-9-14-12(16)15(13(17)18-14)11-8-6-5-7-10(11)2/h5-8H,9H2,1-2H3. The molecule has 0 unspecified atom stereocenters. The molecular formula is C13H12N2O3. The van der Waals surface area contributed by atoms with Gasteiger partial charge < -0.3 is 4.52 Å². The predicted octanol–water partition coefficient (Wildman–Crippen LogP) is 0.924. The van der Waals surface area contributed by atoms with Crippen LogP contribution in [0.3, 0.4) is 0 Å². The summed E-state index contributed by atoms with van der Waals surface area (Å²) < 4.78 is 6.82. The lowest BCUT2D eigenvalue weighted by Gasteiger charge is -2.01. The molecular weight excluding hydrogens is 232 g/mol. The maximum Gasteiger partial charge on any atom is 0.447 e.